The summed E-state index contributed by atoms with van der Waals surface area (Å²) in [6, 6.07) is 8.19. The maximum absolute atomic E-state index is 13.4. The van der Waals surface area contributed by atoms with Gasteiger partial charge in [-0.3, -0.25) is 13.9 Å². The second kappa shape index (κ2) is 20.5. The van der Waals surface area contributed by atoms with Gasteiger partial charge in [-0.2, -0.15) is 10.4 Å². The van der Waals surface area contributed by atoms with E-state index in [1.165, 1.54) is 100 Å². The van der Waals surface area contributed by atoms with Gasteiger partial charge in [0, 0.05) is 19.7 Å². The lowest BCUT2D eigenvalue weighted by Crippen LogP contribution is -2.47. The minimum Gasteiger partial charge on any atom is -0.385 e. The molecule has 0 radical (unpaired) electrons. The van der Waals surface area contributed by atoms with Crippen LogP contribution in [0, 0.1) is 11.3 Å². The van der Waals surface area contributed by atoms with Crippen LogP contribution in [0.5, 0.6) is 0 Å². The molecule has 5 N–H and O–H groups in total. The molecule has 0 bridgehead atoms. The first kappa shape index (κ1) is 45.2. The highest BCUT2D eigenvalue weighted by Gasteiger charge is 2.83. The van der Waals surface area contributed by atoms with Crippen LogP contribution in [0.2, 0.25) is 10.0 Å². The maximum Gasteiger partial charge on any atom is 0.472 e. The number of nitrogens with zero attached hydrogens (tertiary/aromatic N) is 5. The molecule has 6 rings (SSSR count). The van der Waals surface area contributed by atoms with Crippen molar-refractivity contribution in [2.24, 2.45) is 0 Å². The number of halogens is 2. The standard InChI is InChI=1S/C41H59Cl2N6O8P/c1-2-3-4-5-6-7-8-9-10-11-12-13-14-15-16-17-20-54-25-31(48-23-29-21-32(42)33(43)22-30(29)24-48)26-55-58(52,53)57-37-36-41(37,51)39(50)40(27-44,56-36)35-19-18-34-38(45)46-28-47-49(34)35/h18-19,21-22,28,31,36-37,39,50-51H,2-17,20,23-26H2,1H3,(H,52,53)(H2,45,46,47)/t31-,36-,37?,39+,40+,41+/m1/s1. The average Bonchev–Trinajstić information content (AvgIpc) is 3.59. The van der Waals surface area contributed by atoms with Crippen molar-refractivity contribution in [3.63, 3.8) is 0 Å². The number of aliphatic hydroxyl groups excluding tert-OH is 1. The smallest absolute Gasteiger partial charge is 0.385 e. The molecular weight excluding hydrogens is 806 g/mol. The van der Waals surface area contributed by atoms with Gasteiger partial charge in [0.1, 0.15) is 36.2 Å². The number of nitriles is 1. The van der Waals surface area contributed by atoms with Crippen molar-refractivity contribution >= 4 is 42.4 Å². The van der Waals surface area contributed by atoms with Crippen LogP contribution in [0.4, 0.5) is 5.82 Å². The third-order valence-electron chi connectivity index (χ3n) is 11.9. The number of phosphoric acid groups is 1. The van der Waals surface area contributed by atoms with E-state index in [0.717, 1.165) is 30.4 Å². The highest BCUT2D eigenvalue weighted by molar-refractivity contribution is 7.47. The van der Waals surface area contributed by atoms with E-state index in [4.69, 9.17) is 47.5 Å². The number of aromatic nitrogens is 3. The summed E-state index contributed by atoms with van der Waals surface area (Å²) in [5, 5.41) is 37.9. The van der Waals surface area contributed by atoms with Crippen LogP contribution < -0.4 is 5.73 Å². The molecule has 320 valence electrons. The Hall–Kier alpha value is -2.38. The van der Waals surface area contributed by atoms with Gasteiger partial charge in [-0.05, 0) is 41.8 Å². The first-order chi connectivity index (χ1) is 27.9. The second-order valence-corrected chi connectivity index (χ2v) is 18.3. The first-order valence-electron chi connectivity index (χ1n) is 21.0. The van der Waals surface area contributed by atoms with Gasteiger partial charge in [-0.15, -0.1) is 0 Å². The third kappa shape index (κ3) is 10.4. The molecule has 2 fully saturated rings. The summed E-state index contributed by atoms with van der Waals surface area (Å²) >= 11 is 12.6. The van der Waals surface area contributed by atoms with E-state index in [-0.39, 0.29) is 24.7 Å². The summed E-state index contributed by atoms with van der Waals surface area (Å²) < 4.78 is 37.6. The molecule has 0 amide bonds. The molecule has 1 aliphatic carbocycles. The van der Waals surface area contributed by atoms with Gasteiger partial charge in [0.15, 0.2) is 11.4 Å². The third-order valence-corrected chi connectivity index (χ3v) is 13.6. The average molecular weight is 866 g/mol. The number of hydrogen-bond donors (Lipinski definition) is 4. The molecule has 2 aliphatic heterocycles. The van der Waals surface area contributed by atoms with Crippen molar-refractivity contribution < 1.29 is 38.2 Å². The number of benzene rings is 1. The number of aliphatic hydroxyl groups is 2. The lowest BCUT2D eigenvalue weighted by atomic mass is 9.90. The van der Waals surface area contributed by atoms with Crippen molar-refractivity contribution in [2.45, 2.75) is 158 Å². The Morgan fingerprint density at radius 1 is 0.966 bits per heavy atom. The van der Waals surface area contributed by atoms with E-state index >= 15 is 0 Å². The summed E-state index contributed by atoms with van der Waals surface area (Å²) in [4.78, 5) is 16.9. The minimum atomic E-state index is -4.83. The molecular formula is C41H59Cl2N6O8P. The lowest BCUT2D eigenvalue weighted by Gasteiger charge is -2.30. The lowest BCUT2D eigenvalue weighted by molar-refractivity contribution is -0.106. The Morgan fingerprint density at radius 3 is 2.07 bits per heavy atom. The molecule has 1 saturated carbocycles. The SMILES string of the molecule is CCCCCCCCCCCCCCCCCCOC[C@H](COP(=O)(O)OC1[C@H]2O[C@@](C#N)(c3ccc4c(N)ncnn34)[C@H](O)[C@@]12O)N1Cc2cc(Cl)c(Cl)cc2C1. The maximum atomic E-state index is 13.4. The van der Waals surface area contributed by atoms with Crippen LogP contribution >= 0.6 is 31.0 Å². The van der Waals surface area contributed by atoms with Crippen LogP contribution in [0.3, 0.4) is 0 Å². The highest BCUT2D eigenvalue weighted by atomic mass is 35.5. The number of hydrogen-bond acceptors (Lipinski definition) is 12. The van der Waals surface area contributed by atoms with Crippen molar-refractivity contribution in [1.82, 2.24) is 19.5 Å². The largest absolute Gasteiger partial charge is 0.472 e. The molecule has 2 unspecified atom stereocenters. The number of nitrogens with two attached hydrogens (primary N) is 1. The van der Waals surface area contributed by atoms with Crippen LogP contribution in [0.1, 0.15) is 126 Å². The zero-order valence-electron chi connectivity index (χ0n) is 33.4. The number of fused-ring (bicyclic) bond motifs is 3. The van der Waals surface area contributed by atoms with E-state index in [0.29, 0.717) is 35.3 Å². The van der Waals surface area contributed by atoms with Crippen LogP contribution in [0.25, 0.3) is 5.52 Å². The van der Waals surface area contributed by atoms with Gasteiger partial charge < -0.3 is 30.3 Å². The van der Waals surface area contributed by atoms with E-state index in [9.17, 15) is 24.9 Å². The fraction of sp³-hybridized carbons (Fsp3) is 0.683. The topological polar surface area (TPSA) is 198 Å². The molecule has 3 aromatic rings. The Kier molecular flexibility index (Phi) is 15.9. The van der Waals surface area contributed by atoms with Gasteiger partial charge in [0.05, 0.1) is 35.0 Å². The quantitative estimate of drug-likeness (QED) is 0.0448. The van der Waals surface area contributed by atoms with E-state index < -0.39 is 43.4 Å². The van der Waals surface area contributed by atoms with E-state index in [1.54, 1.807) is 6.07 Å². The molecule has 1 aromatic carbocycles. The predicted molar refractivity (Wildman–Crippen MR) is 221 cm³/mol. The minimum absolute atomic E-state index is 0.103. The molecule has 58 heavy (non-hydrogen) atoms. The molecule has 3 aliphatic rings. The Morgan fingerprint density at radius 2 is 1.53 bits per heavy atom. The predicted octanol–water partition coefficient (Wildman–Crippen LogP) is 8.01. The molecule has 2 aromatic heterocycles. The van der Waals surface area contributed by atoms with Crippen molar-refractivity contribution in [2.75, 3.05) is 25.6 Å². The van der Waals surface area contributed by atoms with E-state index in [1.807, 2.05) is 18.2 Å². The van der Waals surface area contributed by atoms with Gasteiger partial charge >= 0.3 is 7.82 Å². The summed E-state index contributed by atoms with van der Waals surface area (Å²) in [5.41, 5.74) is 4.14. The molecule has 7 atom stereocenters. The van der Waals surface area contributed by atoms with Crippen molar-refractivity contribution in [1.29, 1.82) is 5.26 Å². The van der Waals surface area contributed by atoms with Crippen molar-refractivity contribution in [3.05, 3.63) is 57.5 Å². The van der Waals surface area contributed by atoms with E-state index in [2.05, 4.69) is 21.9 Å². The number of anilines is 1. The Bertz CT molecular complexity index is 1890. The van der Waals surface area contributed by atoms with Crippen LogP contribution in [-0.2, 0) is 41.8 Å². The fourth-order valence-electron chi connectivity index (χ4n) is 8.37. The first-order valence-corrected chi connectivity index (χ1v) is 23.2. The fourth-order valence-corrected chi connectivity index (χ4v) is 9.73. The van der Waals surface area contributed by atoms with Gasteiger partial charge in [-0.25, -0.2) is 14.1 Å². The number of rotatable bonds is 26. The number of ether oxygens (including phenoxy) is 2. The van der Waals surface area contributed by atoms with Crippen molar-refractivity contribution in [3.8, 4) is 6.07 Å². The highest BCUT2D eigenvalue weighted by Crippen LogP contribution is 2.63. The summed E-state index contributed by atoms with van der Waals surface area (Å²) in [6.07, 6.45) is 17.1. The monoisotopic (exact) mass is 864 g/mol. The van der Waals surface area contributed by atoms with Crippen LogP contribution in [-0.4, -0.2) is 84.4 Å². The molecule has 17 heteroatoms. The number of phosphoric ester groups is 1. The number of unbranched alkanes of at least 4 members (excludes halogenated alkanes) is 15. The van der Waals surface area contributed by atoms with Gasteiger partial charge in [0.25, 0.3) is 0 Å². The zero-order valence-corrected chi connectivity index (χ0v) is 35.9. The molecule has 1 saturated heterocycles. The second-order valence-electron chi connectivity index (χ2n) is 16.1. The normalized spacial score (nSPS) is 25.4. The summed E-state index contributed by atoms with van der Waals surface area (Å²) in [7, 11) is -4.83. The van der Waals surface area contributed by atoms with Crippen LogP contribution in [0.15, 0.2) is 30.6 Å². The number of nitrogen functional groups attached to an aromatic ring is 1. The Balaban J connectivity index is 0.943. The Labute approximate surface area is 351 Å². The van der Waals surface area contributed by atoms with Gasteiger partial charge in [-0.1, -0.05) is 126 Å². The van der Waals surface area contributed by atoms with Gasteiger partial charge in [0.2, 0.25) is 5.60 Å². The molecule has 0 spiro atoms. The molecule has 14 nitrogen and oxygen atoms in total. The summed E-state index contributed by atoms with van der Waals surface area (Å²) in [6.45, 7) is 3.81. The summed E-state index contributed by atoms with van der Waals surface area (Å²) in [5.74, 6) is 0.139. The molecule has 4 heterocycles. The zero-order chi connectivity index (χ0) is 41.3.